The van der Waals surface area contributed by atoms with Gasteiger partial charge < -0.3 is 10.1 Å². The highest BCUT2D eigenvalue weighted by atomic mass is 32.1. The van der Waals surface area contributed by atoms with Gasteiger partial charge in [-0.2, -0.15) is 0 Å². The summed E-state index contributed by atoms with van der Waals surface area (Å²) in [5, 5.41) is 4.29. The van der Waals surface area contributed by atoms with Crippen molar-refractivity contribution in [3.63, 3.8) is 0 Å². The van der Waals surface area contributed by atoms with E-state index in [-0.39, 0.29) is 24.6 Å². The van der Waals surface area contributed by atoms with Crippen LogP contribution in [0.15, 0.2) is 29.6 Å². The Morgan fingerprint density at radius 2 is 1.92 bits per heavy atom. The smallest absolute Gasteiger partial charge is 0.350 e. The monoisotopic (exact) mass is 368 g/mol. The van der Waals surface area contributed by atoms with Crippen molar-refractivity contribution in [2.24, 2.45) is 0 Å². The first kappa shape index (κ1) is 19.0. The molecule has 0 unspecified atom stereocenters. The van der Waals surface area contributed by atoms with E-state index in [1.807, 2.05) is 0 Å². The normalized spacial score (nSPS) is 10.8. The zero-order chi connectivity index (χ0) is 18.4. The van der Waals surface area contributed by atoms with Gasteiger partial charge in [0.2, 0.25) is 5.91 Å². The molecule has 8 heteroatoms. The average Bonchev–Trinajstić information content (AvgIpc) is 3.04. The lowest BCUT2D eigenvalue weighted by Crippen LogP contribution is -2.33. The van der Waals surface area contributed by atoms with Gasteiger partial charge in [-0.1, -0.05) is 13.0 Å². The fraction of sp³-hybridized carbons (Fsp3) is 0.294. The van der Waals surface area contributed by atoms with Gasteiger partial charge >= 0.3 is 5.97 Å². The van der Waals surface area contributed by atoms with Gasteiger partial charge in [-0.3, -0.25) is 9.69 Å². The first-order chi connectivity index (χ1) is 12.0. The Bertz CT molecular complexity index is 744. The molecule has 2 rings (SSSR count). The highest BCUT2D eigenvalue weighted by Gasteiger charge is 2.18. The Balaban J connectivity index is 2.03. The molecule has 1 aromatic heterocycles. The second-order valence-corrected chi connectivity index (χ2v) is 6.12. The predicted molar refractivity (Wildman–Crippen MR) is 91.6 cm³/mol. The summed E-state index contributed by atoms with van der Waals surface area (Å²) in [6.45, 7) is 2.11. The van der Waals surface area contributed by atoms with Crippen LogP contribution in [0.2, 0.25) is 0 Å². The van der Waals surface area contributed by atoms with Crippen LogP contribution in [0.3, 0.4) is 0 Å². The maximum Gasteiger partial charge on any atom is 0.350 e. The van der Waals surface area contributed by atoms with E-state index < -0.39 is 17.6 Å². The summed E-state index contributed by atoms with van der Waals surface area (Å²) in [4.78, 5) is 25.7. The SMILES string of the molecule is CCN(CC(=O)Nc1ccsc1C(=O)OC)Cc1c(F)cccc1F. The second kappa shape index (κ2) is 8.68. The number of esters is 1. The molecule has 25 heavy (non-hydrogen) atoms. The van der Waals surface area contributed by atoms with E-state index in [1.165, 1.54) is 25.3 Å². The van der Waals surface area contributed by atoms with Gasteiger partial charge in [-0.05, 0) is 30.1 Å². The number of halogens is 2. The Morgan fingerprint density at radius 3 is 2.52 bits per heavy atom. The first-order valence-corrected chi connectivity index (χ1v) is 8.45. The number of hydrogen-bond donors (Lipinski definition) is 1. The van der Waals surface area contributed by atoms with E-state index in [0.29, 0.717) is 17.1 Å². The molecule has 0 aliphatic rings. The molecule has 0 radical (unpaired) electrons. The second-order valence-electron chi connectivity index (χ2n) is 5.21. The molecule has 1 heterocycles. The van der Waals surface area contributed by atoms with Crippen LogP contribution in [0.25, 0.3) is 0 Å². The van der Waals surface area contributed by atoms with Crippen molar-refractivity contribution in [1.82, 2.24) is 4.90 Å². The summed E-state index contributed by atoms with van der Waals surface area (Å²) in [5.41, 5.74) is 0.276. The summed E-state index contributed by atoms with van der Waals surface area (Å²) in [6.07, 6.45) is 0. The molecule has 0 bridgehead atoms. The number of ether oxygens (including phenoxy) is 1. The molecule has 0 saturated carbocycles. The summed E-state index contributed by atoms with van der Waals surface area (Å²) in [6, 6.07) is 5.25. The molecular weight excluding hydrogens is 350 g/mol. The summed E-state index contributed by atoms with van der Waals surface area (Å²) < 4.78 is 32.2. The Labute approximate surface area is 148 Å². The molecule has 1 aromatic carbocycles. The topological polar surface area (TPSA) is 58.6 Å². The van der Waals surface area contributed by atoms with Crippen LogP contribution in [-0.4, -0.2) is 37.0 Å². The van der Waals surface area contributed by atoms with Gasteiger partial charge in [0.15, 0.2) is 0 Å². The van der Waals surface area contributed by atoms with E-state index in [0.717, 1.165) is 11.3 Å². The van der Waals surface area contributed by atoms with Crippen molar-refractivity contribution in [3.8, 4) is 0 Å². The number of nitrogens with zero attached hydrogens (tertiary/aromatic N) is 1. The average molecular weight is 368 g/mol. The van der Waals surface area contributed by atoms with Crippen LogP contribution in [-0.2, 0) is 16.1 Å². The van der Waals surface area contributed by atoms with Crippen LogP contribution in [0, 0.1) is 11.6 Å². The standard InChI is InChI=1S/C17H18F2N2O3S/c1-3-21(9-11-12(18)5-4-6-13(11)19)10-15(22)20-14-7-8-25-16(14)17(23)24-2/h4-8H,3,9-10H2,1-2H3,(H,20,22). The molecule has 0 atom stereocenters. The van der Waals surface area contributed by atoms with Gasteiger partial charge in [0, 0.05) is 12.1 Å². The van der Waals surface area contributed by atoms with Crippen molar-refractivity contribution in [2.75, 3.05) is 25.5 Å². The minimum Gasteiger partial charge on any atom is -0.465 e. The minimum absolute atomic E-state index is 0.0318. The Morgan fingerprint density at radius 1 is 1.24 bits per heavy atom. The summed E-state index contributed by atoms with van der Waals surface area (Å²) >= 11 is 1.15. The van der Waals surface area contributed by atoms with E-state index in [2.05, 4.69) is 10.1 Å². The number of thiophene rings is 1. The number of rotatable bonds is 7. The largest absolute Gasteiger partial charge is 0.465 e. The van der Waals surface area contributed by atoms with Crippen LogP contribution < -0.4 is 5.32 Å². The van der Waals surface area contributed by atoms with Gasteiger partial charge in [0.05, 0.1) is 19.3 Å². The molecule has 0 fully saturated rings. The molecule has 1 amide bonds. The third-order valence-corrected chi connectivity index (χ3v) is 4.46. The van der Waals surface area contributed by atoms with E-state index in [9.17, 15) is 18.4 Å². The summed E-state index contributed by atoms with van der Waals surface area (Å²) in [7, 11) is 1.26. The molecule has 1 N–H and O–H groups in total. The van der Waals surface area contributed by atoms with Crippen LogP contribution in [0.1, 0.15) is 22.2 Å². The molecule has 0 aliphatic heterocycles. The lowest BCUT2D eigenvalue weighted by Gasteiger charge is -2.20. The highest BCUT2D eigenvalue weighted by Crippen LogP contribution is 2.23. The molecule has 0 aliphatic carbocycles. The number of benzene rings is 1. The van der Waals surface area contributed by atoms with Crippen molar-refractivity contribution >= 4 is 28.9 Å². The fourth-order valence-electron chi connectivity index (χ4n) is 2.24. The zero-order valence-electron chi connectivity index (χ0n) is 13.8. The van der Waals surface area contributed by atoms with Gasteiger partial charge in [-0.25, -0.2) is 13.6 Å². The molecule has 2 aromatic rings. The third-order valence-electron chi connectivity index (χ3n) is 3.57. The number of carbonyl (C=O) groups is 2. The number of carbonyl (C=O) groups excluding carboxylic acids is 2. The maximum atomic E-state index is 13.8. The number of hydrogen-bond acceptors (Lipinski definition) is 5. The third kappa shape index (κ3) is 4.83. The number of likely N-dealkylation sites (N-methyl/N-ethyl adjacent to an activating group) is 1. The molecular formula is C17H18F2N2O3S. The Hall–Kier alpha value is -2.32. The highest BCUT2D eigenvalue weighted by molar-refractivity contribution is 7.12. The number of amides is 1. The minimum atomic E-state index is -0.648. The van der Waals surface area contributed by atoms with Crippen molar-refractivity contribution in [1.29, 1.82) is 0 Å². The first-order valence-electron chi connectivity index (χ1n) is 7.57. The van der Waals surface area contributed by atoms with E-state index in [4.69, 9.17) is 0 Å². The van der Waals surface area contributed by atoms with Gasteiger partial charge in [-0.15, -0.1) is 11.3 Å². The number of anilines is 1. The van der Waals surface area contributed by atoms with Crippen molar-refractivity contribution in [2.45, 2.75) is 13.5 Å². The quantitative estimate of drug-likeness (QED) is 0.762. The van der Waals surface area contributed by atoms with Gasteiger partial charge in [0.25, 0.3) is 0 Å². The molecule has 0 spiro atoms. The fourth-order valence-corrected chi connectivity index (χ4v) is 3.00. The molecule has 5 nitrogen and oxygen atoms in total. The lowest BCUT2D eigenvalue weighted by molar-refractivity contribution is -0.117. The Kier molecular flexibility index (Phi) is 6.60. The number of methoxy groups -OCH3 is 1. The molecule has 0 saturated heterocycles. The summed E-state index contributed by atoms with van der Waals surface area (Å²) in [5.74, 6) is -2.22. The van der Waals surface area contributed by atoms with E-state index >= 15 is 0 Å². The lowest BCUT2D eigenvalue weighted by atomic mass is 10.2. The van der Waals surface area contributed by atoms with Crippen LogP contribution in [0.5, 0.6) is 0 Å². The van der Waals surface area contributed by atoms with Crippen LogP contribution in [0.4, 0.5) is 14.5 Å². The molecule has 134 valence electrons. The zero-order valence-corrected chi connectivity index (χ0v) is 14.7. The van der Waals surface area contributed by atoms with Gasteiger partial charge in [0.1, 0.15) is 16.5 Å². The maximum absolute atomic E-state index is 13.8. The van der Waals surface area contributed by atoms with Crippen molar-refractivity contribution in [3.05, 3.63) is 51.7 Å². The predicted octanol–water partition coefficient (Wildman–Crippen LogP) is 3.27. The van der Waals surface area contributed by atoms with Crippen LogP contribution >= 0.6 is 11.3 Å². The van der Waals surface area contributed by atoms with Crippen molar-refractivity contribution < 1.29 is 23.1 Å². The number of nitrogens with one attached hydrogen (secondary N) is 1. The van der Waals surface area contributed by atoms with E-state index in [1.54, 1.807) is 23.3 Å².